The van der Waals surface area contributed by atoms with Crippen molar-refractivity contribution in [2.45, 2.75) is 32.8 Å². The van der Waals surface area contributed by atoms with E-state index in [-0.39, 0.29) is 30.3 Å². The summed E-state index contributed by atoms with van der Waals surface area (Å²) in [6, 6.07) is 15.0. The molecule has 0 aromatic heterocycles. The van der Waals surface area contributed by atoms with E-state index in [1.807, 2.05) is 0 Å². The fourth-order valence-electron chi connectivity index (χ4n) is 2.45. The molecular formula is C21H21NO5. The van der Waals surface area contributed by atoms with Crippen LogP contribution in [0.5, 0.6) is 0 Å². The molecule has 0 aliphatic rings. The molecule has 0 bridgehead atoms. The maximum absolute atomic E-state index is 12.3. The highest BCUT2D eigenvalue weighted by Gasteiger charge is 2.20. The third-order valence-electron chi connectivity index (χ3n) is 3.82. The minimum absolute atomic E-state index is 0.0230. The van der Waals surface area contributed by atoms with E-state index in [1.165, 1.54) is 13.8 Å². The highest BCUT2D eigenvalue weighted by Crippen LogP contribution is 2.13. The predicted octanol–water partition coefficient (Wildman–Crippen LogP) is 3.42. The van der Waals surface area contributed by atoms with E-state index < -0.39 is 12.1 Å². The van der Waals surface area contributed by atoms with Crippen molar-refractivity contribution < 1.29 is 23.9 Å². The van der Waals surface area contributed by atoms with Crippen molar-refractivity contribution in [1.29, 1.82) is 0 Å². The Balaban J connectivity index is 1.85. The molecule has 27 heavy (non-hydrogen) atoms. The Labute approximate surface area is 157 Å². The van der Waals surface area contributed by atoms with Gasteiger partial charge in [-0.1, -0.05) is 30.3 Å². The topological polar surface area (TPSA) is 89.5 Å². The highest BCUT2D eigenvalue weighted by atomic mass is 16.5. The lowest BCUT2D eigenvalue weighted by Gasteiger charge is -2.12. The van der Waals surface area contributed by atoms with Crippen LogP contribution in [0.15, 0.2) is 54.6 Å². The molecular weight excluding hydrogens is 346 g/mol. The standard InChI is InChI=1S/C21H21NO5/c1-14(21(26)17-8-10-18(11-9-17)22-15(2)23)27-20(25)13-12-19(24)16-6-4-3-5-7-16/h3-11,14H,12-13H2,1-2H3,(H,22,23). The molecule has 6 heteroatoms. The number of esters is 1. The van der Waals surface area contributed by atoms with Crippen LogP contribution in [0.3, 0.4) is 0 Å². The predicted molar refractivity (Wildman–Crippen MR) is 101 cm³/mol. The monoisotopic (exact) mass is 367 g/mol. The molecule has 1 amide bonds. The van der Waals surface area contributed by atoms with Crippen LogP contribution in [-0.4, -0.2) is 29.5 Å². The van der Waals surface area contributed by atoms with Crippen molar-refractivity contribution >= 4 is 29.1 Å². The molecule has 1 atom stereocenters. The van der Waals surface area contributed by atoms with E-state index in [4.69, 9.17) is 4.74 Å². The zero-order valence-electron chi connectivity index (χ0n) is 15.2. The van der Waals surface area contributed by atoms with Crippen molar-refractivity contribution in [2.75, 3.05) is 5.32 Å². The van der Waals surface area contributed by atoms with Crippen LogP contribution >= 0.6 is 0 Å². The second-order valence-corrected chi connectivity index (χ2v) is 6.04. The van der Waals surface area contributed by atoms with E-state index in [0.29, 0.717) is 16.8 Å². The van der Waals surface area contributed by atoms with Crippen LogP contribution in [0, 0.1) is 0 Å². The molecule has 0 radical (unpaired) electrons. The number of hydrogen-bond acceptors (Lipinski definition) is 5. The van der Waals surface area contributed by atoms with Gasteiger partial charge in [-0.05, 0) is 31.2 Å². The fraction of sp³-hybridized carbons (Fsp3) is 0.238. The van der Waals surface area contributed by atoms with Gasteiger partial charge in [0, 0.05) is 30.2 Å². The average molecular weight is 367 g/mol. The molecule has 0 aliphatic heterocycles. The van der Waals surface area contributed by atoms with Gasteiger partial charge in [0.15, 0.2) is 11.9 Å². The molecule has 2 rings (SSSR count). The molecule has 6 nitrogen and oxygen atoms in total. The smallest absolute Gasteiger partial charge is 0.306 e. The molecule has 0 aliphatic carbocycles. The molecule has 0 saturated carbocycles. The summed E-state index contributed by atoms with van der Waals surface area (Å²) in [6.07, 6.45) is -1.03. The summed E-state index contributed by atoms with van der Waals surface area (Å²) in [7, 11) is 0. The first kappa shape index (κ1) is 20.0. The average Bonchev–Trinajstić information content (AvgIpc) is 2.66. The second kappa shape index (κ2) is 9.43. The van der Waals surface area contributed by atoms with E-state index in [9.17, 15) is 19.2 Å². The number of carbonyl (C=O) groups excluding carboxylic acids is 4. The van der Waals surface area contributed by atoms with Gasteiger partial charge in [-0.3, -0.25) is 19.2 Å². The summed E-state index contributed by atoms with van der Waals surface area (Å²) in [5, 5.41) is 2.61. The van der Waals surface area contributed by atoms with Crippen molar-refractivity contribution in [3.8, 4) is 0 Å². The van der Waals surface area contributed by atoms with Gasteiger partial charge in [-0.2, -0.15) is 0 Å². The second-order valence-electron chi connectivity index (χ2n) is 6.04. The van der Waals surface area contributed by atoms with Gasteiger partial charge >= 0.3 is 5.97 Å². The van der Waals surface area contributed by atoms with Crippen molar-refractivity contribution in [1.82, 2.24) is 0 Å². The lowest BCUT2D eigenvalue weighted by atomic mass is 10.1. The first-order valence-corrected chi connectivity index (χ1v) is 8.56. The van der Waals surface area contributed by atoms with Gasteiger partial charge in [0.25, 0.3) is 0 Å². The SMILES string of the molecule is CC(=O)Nc1ccc(C(=O)C(C)OC(=O)CCC(=O)c2ccccc2)cc1. The molecule has 0 heterocycles. The van der Waals surface area contributed by atoms with Gasteiger partial charge in [-0.15, -0.1) is 0 Å². The van der Waals surface area contributed by atoms with Crippen LogP contribution in [-0.2, 0) is 14.3 Å². The largest absolute Gasteiger partial charge is 0.454 e. The summed E-state index contributed by atoms with van der Waals surface area (Å²) in [5.41, 5.74) is 1.47. The molecule has 0 spiro atoms. The summed E-state index contributed by atoms with van der Waals surface area (Å²) in [4.78, 5) is 47.3. The van der Waals surface area contributed by atoms with E-state index >= 15 is 0 Å². The van der Waals surface area contributed by atoms with Gasteiger partial charge in [0.2, 0.25) is 11.7 Å². The number of benzene rings is 2. The Bertz CT molecular complexity index is 827. The molecule has 0 fully saturated rings. The Kier molecular flexibility index (Phi) is 7.00. The van der Waals surface area contributed by atoms with Crippen LogP contribution in [0.1, 0.15) is 47.4 Å². The lowest BCUT2D eigenvalue weighted by molar-refractivity contribution is -0.146. The van der Waals surface area contributed by atoms with Gasteiger partial charge in [0.05, 0.1) is 6.42 Å². The van der Waals surface area contributed by atoms with E-state index in [2.05, 4.69) is 5.32 Å². The Morgan fingerprint density at radius 2 is 1.52 bits per heavy atom. The quantitative estimate of drug-likeness (QED) is 0.570. The first-order chi connectivity index (χ1) is 12.9. The Morgan fingerprint density at radius 1 is 0.889 bits per heavy atom. The number of anilines is 1. The van der Waals surface area contributed by atoms with Gasteiger partial charge in [0.1, 0.15) is 0 Å². The van der Waals surface area contributed by atoms with Crippen molar-refractivity contribution in [3.63, 3.8) is 0 Å². The number of rotatable bonds is 8. The third kappa shape index (κ3) is 6.18. The molecule has 2 aromatic rings. The third-order valence-corrected chi connectivity index (χ3v) is 3.82. The molecule has 0 saturated heterocycles. The number of carbonyl (C=O) groups is 4. The number of Topliss-reactive ketones (excluding diaryl/α,β-unsaturated/α-hetero) is 2. The maximum atomic E-state index is 12.3. The minimum Gasteiger partial charge on any atom is -0.454 e. The van der Waals surface area contributed by atoms with Crippen LogP contribution < -0.4 is 5.32 Å². The van der Waals surface area contributed by atoms with E-state index in [1.54, 1.807) is 54.6 Å². The summed E-state index contributed by atoms with van der Waals surface area (Å²) >= 11 is 0. The highest BCUT2D eigenvalue weighted by molar-refractivity contribution is 6.01. The van der Waals surface area contributed by atoms with Crippen molar-refractivity contribution in [3.05, 3.63) is 65.7 Å². The Hall–Kier alpha value is -3.28. The summed E-state index contributed by atoms with van der Waals surface area (Å²) in [5.74, 6) is -1.32. The summed E-state index contributed by atoms with van der Waals surface area (Å²) in [6.45, 7) is 2.88. The number of hydrogen-bond donors (Lipinski definition) is 1. The summed E-state index contributed by atoms with van der Waals surface area (Å²) < 4.78 is 5.14. The number of amides is 1. The Morgan fingerprint density at radius 3 is 2.11 bits per heavy atom. The van der Waals surface area contributed by atoms with Crippen LogP contribution in [0.2, 0.25) is 0 Å². The molecule has 1 unspecified atom stereocenters. The number of ether oxygens (including phenoxy) is 1. The zero-order valence-corrected chi connectivity index (χ0v) is 15.2. The first-order valence-electron chi connectivity index (χ1n) is 8.56. The number of nitrogens with one attached hydrogen (secondary N) is 1. The maximum Gasteiger partial charge on any atom is 0.306 e. The van der Waals surface area contributed by atoms with Crippen LogP contribution in [0.25, 0.3) is 0 Å². The zero-order chi connectivity index (χ0) is 19.8. The minimum atomic E-state index is -0.962. The molecule has 2 aromatic carbocycles. The van der Waals surface area contributed by atoms with Crippen LogP contribution in [0.4, 0.5) is 5.69 Å². The van der Waals surface area contributed by atoms with E-state index in [0.717, 1.165) is 0 Å². The molecule has 1 N–H and O–H groups in total. The molecule has 140 valence electrons. The van der Waals surface area contributed by atoms with Gasteiger partial charge < -0.3 is 10.1 Å². The van der Waals surface area contributed by atoms with Gasteiger partial charge in [-0.25, -0.2) is 0 Å². The fourth-order valence-corrected chi connectivity index (χ4v) is 2.45. The van der Waals surface area contributed by atoms with Crippen molar-refractivity contribution in [2.24, 2.45) is 0 Å². The number of ketones is 2. The lowest BCUT2D eigenvalue weighted by Crippen LogP contribution is -2.24. The normalized spacial score (nSPS) is 11.3.